The van der Waals surface area contributed by atoms with Gasteiger partial charge >= 0.3 is 0 Å². The molecule has 1 aromatic carbocycles. The minimum absolute atomic E-state index is 0.0992. The Balaban J connectivity index is 1.55. The number of carbonyl (C=O) groups is 3. The number of morpholine rings is 1. The minimum atomic E-state index is -2.88. The van der Waals surface area contributed by atoms with E-state index in [9.17, 15) is 23.2 Å². The molecule has 1 atom stereocenters. The summed E-state index contributed by atoms with van der Waals surface area (Å²) < 4.78 is 32.6. The number of hydrogen-bond donors (Lipinski definition) is 2. The fraction of sp³-hybridized carbons (Fsp3) is 0.571. The van der Waals surface area contributed by atoms with Crippen LogP contribution in [0.15, 0.2) is 18.2 Å². The average molecular weight is 436 g/mol. The second-order valence-corrected chi connectivity index (χ2v) is 8.34. The van der Waals surface area contributed by atoms with Crippen molar-refractivity contribution in [3.63, 3.8) is 0 Å². The quantitative estimate of drug-likeness (QED) is 0.573. The summed E-state index contributed by atoms with van der Waals surface area (Å²) in [6, 6.07) is 2.92. The molecule has 1 aliphatic heterocycles. The number of anilines is 2. The van der Waals surface area contributed by atoms with Crippen LogP contribution in [-0.4, -0.2) is 61.0 Å². The van der Waals surface area contributed by atoms with Gasteiger partial charge < -0.3 is 20.7 Å². The first-order chi connectivity index (χ1) is 14.8. The summed E-state index contributed by atoms with van der Waals surface area (Å²) >= 11 is 0. The van der Waals surface area contributed by atoms with Crippen molar-refractivity contribution < 1.29 is 27.9 Å². The molecule has 3 N–H and O–H groups in total. The summed E-state index contributed by atoms with van der Waals surface area (Å²) in [5, 5.41) is 2.48. The Morgan fingerprint density at radius 1 is 1.26 bits per heavy atom. The predicted octanol–water partition coefficient (Wildman–Crippen LogP) is 1.65. The average Bonchev–Trinajstić information content (AvgIpc) is 3.61. The third-order valence-corrected chi connectivity index (χ3v) is 5.86. The zero-order valence-corrected chi connectivity index (χ0v) is 17.1. The minimum Gasteiger partial charge on any atom is -0.370 e. The van der Waals surface area contributed by atoms with E-state index in [0.29, 0.717) is 24.8 Å². The van der Waals surface area contributed by atoms with Crippen LogP contribution < -0.4 is 16.0 Å². The second kappa shape index (κ2) is 8.88. The van der Waals surface area contributed by atoms with Gasteiger partial charge in [-0.15, -0.1) is 0 Å². The Kier molecular flexibility index (Phi) is 6.19. The number of nitrogens with two attached hydrogens (primary N) is 1. The molecular formula is C21H26F2N4O4. The van der Waals surface area contributed by atoms with Crippen molar-refractivity contribution in [3.8, 4) is 0 Å². The summed E-state index contributed by atoms with van der Waals surface area (Å²) in [7, 11) is 0. The number of rotatable bonds is 9. The number of nitrogens with one attached hydrogen (secondary N) is 1. The summed E-state index contributed by atoms with van der Waals surface area (Å²) in [6.07, 6.45) is 0.980. The lowest BCUT2D eigenvalue weighted by atomic mass is 10.1. The van der Waals surface area contributed by atoms with E-state index in [4.69, 9.17) is 10.5 Å². The van der Waals surface area contributed by atoms with Crippen LogP contribution in [0.4, 0.5) is 20.2 Å². The van der Waals surface area contributed by atoms with Crippen LogP contribution in [0.3, 0.4) is 0 Å². The molecule has 4 rings (SSSR count). The molecule has 2 aliphatic carbocycles. The van der Waals surface area contributed by atoms with Gasteiger partial charge in [0.2, 0.25) is 5.91 Å². The van der Waals surface area contributed by atoms with Crippen LogP contribution in [0.25, 0.3) is 0 Å². The maximum Gasteiger partial charge on any atom is 0.265 e. The van der Waals surface area contributed by atoms with Gasteiger partial charge in [-0.05, 0) is 49.8 Å². The maximum atomic E-state index is 13.8. The first kappa shape index (κ1) is 21.6. The fourth-order valence-corrected chi connectivity index (χ4v) is 3.92. The molecule has 1 aromatic rings. The highest BCUT2D eigenvalue weighted by atomic mass is 19.3. The van der Waals surface area contributed by atoms with Gasteiger partial charge in [-0.25, -0.2) is 8.78 Å². The molecule has 3 amide bonds. The van der Waals surface area contributed by atoms with Crippen LogP contribution in [-0.2, 0) is 19.1 Å². The highest BCUT2D eigenvalue weighted by Crippen LogP contribution is 2.37. The normalized spacial score (nSPS) is 20.3. The lowest BCUT2D eigenvalue weighted by molar-refractivity contribution is -0.133. The Hall–Kier alpha value is -2.59. The molecule has 2 saturated carbocycles. The van der Waals surface area contributed by atoms with Crippen LogP contribution in [0, 0.1) is 5.92 Å². The molecule has 0 spiro atoms. The van der Waals surface area contributed by atoms with Gasteiger partial charge in [0.25, 0.3) is 18.2 Å². The largest absolute Gasteiger partial charge is 0.370 e. The molecule has 8 nitrogen and oxygen atoms in total. The predicted molar refractivity (Wildman–Crippen MR) is 109 cm³/mol. The molecule has 3 fully saturated rings. The Morgan fingerprint density at radius 3 is 2.58 bits per heavy atom. The second-order valence-electron chi connectivity index (χ2n) is 8.34. The van der Waals surface area contributed by atoms with Crippen molar-refractivity contribution >= 4 is 29.1 Å². The highest BCUT2D eigenvalue weighted by Gasteiger charge is 2.43. The van der Waals surface area contributed by atoms with Crippen molar-refractivity contribution in [1.82, 2.24) is 4.90 Å². The first-order valence-corrected chi connectivity index (χ1v) is 10.5. The Labute approximate surface area is 178 Å². The summed E-state index contributed by atoms with van der Waals surface area (Å²) in [5.41, 5.74) is 5.33. The number of alkyl halides is 2. The third-order valence-electron chi connectivity index (χ3n) is 5.86. The number of halogens is 2. The number of hydrogen-bond acceptors (Lipinski definition) is 5. The van der Waals surface area contributed by atoms with Crippen molar-refractivity contribution in [2.75, 3.05) is 36.5 Å². The molecule has 0 aromatic heterocycles. The number of benzene rings is 1. The molecule has 10 heteroatoms. The molecule has 1 heterocycles. The highest BCUT2D eigenvalue weighted by molar-refractivity contribution is 6.10. The molecule has 0 bridgehead atoms. The van der Waals surface area contributed by atoms with Gasteiger partial charge in [-0.1, -0.05) is 0 Å². The molecule has 1 saturated heterocycles. The van der Waals surface area contributed by atoms with Gasteiger partial charge in [0, 0.05) is 36.1 Å². The molecule has 3 aliphatic rings. The van der Waals surface area contributed by atoms with Crippen LogP contribution in [0.5, 0.6) is 0 Å². The maximum absolute atomic E-state index is 13.8. The van der Waals surface area contributed by atoms with E-state index in [1.165, 1.54) is 23.1 Å². The Morgan fingerprint density at radius 2 is 2.00 bits per heavy atom. The van der Waals surface area contributed by atoms with E-state index in [-0.39, 0.29) is 30.8 Å². The zero-order valence-electron chi connectivity index (χ0n) is 17.1. The van der Waals surface area contributed by atoms with Crippen LogP contribution in [0.1, 0.15) is 37.7 Å². The zero-order chi connectivity index (χ0) is 22.1. The van der Waals surface area contributed by atoms with Crippen molar-refractivity contribution in [1.29, 1.82) is 0 Å². The standard InChI is InChI=1S/C21H26F2N4O4/c22-19(23)15-9-14(26-7-8-31-11-17(26)28)5-6-16(15)25-21(30)18(20(24)29)27(13-3-4-13)10-12-1-2-12/h5-6,9,12-13,18-19H,1-4,7-8,10-11H2,(H2,24,29)(H,25,30)/t18-/m0/s1. The van der Waals surface area contributed by atoms with Crippen molar-refractivity contribution in [3.05, 3.63) is 23.8 Å². The SMILES string of the molecule is NC(=O)[C@@H](C(=O)Nc1ccc(N2CCOCC2=O)cc1C(F)F)N(CC1CC1)C1CC1. The van der Waals surface area contributed by atoms with Crippen molar-refractivity contribution in [2.24, 2.45) is 11.7 Å². The first-order valence-electron chi connectivity index (χ1n) is 10.5. The van der Waals surface area contributed by atoms with Crippen LogP contribution >= 0.6 is 0 Å². The summed E-state index contributed by atoms with van der Waals surface area (Å²) in [5.74, 6) is -1.38. The number of primary amides is 1. The molecule has 168 valence electrons. The molecule has 0 unspecified atom stereocenters. The lowest BCUT2D eigenvalue weighted by Crippen LogP contribution is -2.53. The van der Waals surface area contributed by atoms with E-state index in [1.807, 2.05) is 4.90 Å². The van der Waals surface area contributed by atoms with E-state index in [1.54, 1.807) is 0 Å². The monoisotopic (exact) mass is 436 g/mol. The fourth-order valence-electron chi connectivity index (χ4n) is 3.92. The summed E-state index contributed by atoms with van der Waals surface area (Å²) in [4.78, 5) is 40.3. The summed E-state index contributed by atoms with van der Waals surface area (Å²) in [6.45, 7) is 1.06. The van der Waals surface area contributed by atoms with Gasteiger partial charge in [0.15, 0.2) is 6.04 Å². The Bertz CT molecular complexity index is 873. The van der Waals surface area contributed by atoms with Gasteiger partial charge in [0.05, 0.1) is 6.61 Å². The molecule has 0 radical (unpaired) electrons. The van der Waals surface area contributed by atoms with Gasteiger partial charge in [-0.2, -0.15) is 0 Å². The third kappa shape index (κ3) is 5.01. The number of ether oxygens (including phenoxy) is 1. The number of carbonyl (C=O) groups excluding carboxylic acids is 3. The van der Waals surface area contributed by atoms with E-state index < -0.39 is 29.8 Å². The molecular weight excluding hydrogens is 410 g/mol. The lowest BCUT2D eigenvalue weighted by Gasteiger charge is -2.29. The van der Waals surface area contributed by atoms with Gasteiger partial charge in [0.1, 0.15) is 6.61 Å². The van der Waals surface area contributed by atoms with E-state index in [2.05, 4.69) is 5.32 Å². The molecule has 31 heavy (non-hydrogen) atoms. The van der Waals surface area contributed by atoms with E-state index in [0.717, 1.165) is 25.7 Å². The van der Waals surface area contributed by atoms with E-state index >= 15 is 0 Å². The van der Waals surface area contributed by atoms with Gasteiger partial charge in [-0.3, -0.25) is 19.3 Å². The van der Waals surface area contributed by atoms with Crippen LogP contribution in [0.2, 0.25) is 0 Å². The number of nitrogens with zero attached hydrogens (tertiary/aromatic N) is 2. The topological polar surface area (TPSA) is 105 Å². The number of amides is 3. The smallest absolute Gasteiger partial charge is 0.265 e. The van der Waals surface area contributed by atoms with Crippen molar-refractivity contribution in [2.45, 2.75) is 44.2 Å².